The zero-order valence-corrected chi connectivity index (χ0v) is 21.3. The summed E-state index contributed by atoms with van der Waals surface area (Å²) in [5, 5.41) is 6.91. The van der Waals surface area contributed by atoms with E-state index in [0.717, 1.165) is 11.1 Å². The van der Waals surface area contributed by atoms with Crippen molar-refractivity contribution in [2.45, 2.75) is 32.4 Å². The van der Waals surface area contributed by atoms with E-state index in [-0.39, 0.29) is 35.9 Å². The number of likely N-dealkylation sites (tertiary alicyclic amines) is 1. The van der Waals surface area contributed by atoms with E-state index >= 15 is 0 Å². The van der Waals surface area contributed by atoms with Gasteiger partial charge < -0.3 is 15.0 Å². The molecular weight excluding hydrogens is 504 g/mol. The topological polar surface area (TPSA) is 89.4 Å². The van der Waals surface area contributed by atoms with Crippen molar-refractivity contribution >= 4 is 17.5 Å². The molecule has 10 heteroatoms. The number of carbonyl (C=O) groups is 2. The highest BCUT2D eigenvalue weighted by Crippen LogP contribution is 2.30. The van der Waals surface area contributed by atoms with E-state index in [0.29, 0.717) is 36.6 Å². The van der Waals surface area contributed by atoms with Crippen molar-refractivity contribution in [3.8, 4) is 11.5 Å². The highest BCUT2D eigenvalue weighted by Gasteiger charge is 2.39. The molecule has 1 saturated heterocycles. The van der Waals surface area contributed by atoms with E-state index in [1.54, 1.807) is 35.2 Å². The zero-order chi connectivity index (χ0) is 27.4. The minimum absolute atomic E-state index is 0.0242. The molecule has 0 aliphatic carbocycles. The Bertz CT molecular complexity index is 1440. The van der Waals surface area contributed by atoms with Crippen LogP contribution in [0.15, 0.2) is 79.4 Å². The molecule has 4 aromatic rings. The van der Waals surface area contributed by atoms with Crippen LogP contribution in [0.1, 0.15) is 17.5 Å². The van der Waals surface area contributed by atoms with Gasteiger partial charge in [0.2, 0.25) is 11.8 Å². The fourth-order valence-corrected chi connectivity index (χ4v) is 4.81. The zero-order valence-electron chi connectivity index (χ0n) is 21.3. The molecule has 39 heavy (non-hydrogen) atoms. The van der Waals surface area contributed by atoms with Crippen LogP contribution in [0.4, 0.5) is 14.5 Å². The Kier molecular flexibility index (Phi) is 7.62. The molecule has 2 amide bonds. The first-order chi connectivity index (χ1) is 18.8. The van der Waals surface area contributed by atoms with E-state index in [2.05, 4.69) is 15.4 Å². The summed E-state index contributed by atoms with van der Waals surface area (Å²) in [5.41, 5.74) is 2.38. The molecule has 0 saturated carbocycles. The number of hydrogen-bond acceptors (Lipinski definition) is 5. The summed E-state index contributed by atoms with van der Waals surface area (Å²) < 4.78 is 33.9. The lowest BCUT2D eigenvalue weighted by Crippen LogP contribution is -2.44. The van der Waals surface area contributed by atoms with Crippen LogP contribution in [0, 0.1) is 24.5 Å². The van der Waals surface area contributed by atoms with E-state index < -0.39 is 6.04 Å². The Morgan fingerprint density at radius 2 is 1.69 bits per heavy atom. The van der Waals surface area contributed by atoms with E-state index in [1.165, 1.54) is 53.7 Å². The highest BCUT2D eigenvalue weighted by molar-refractivity contribution is 5.97. The molecular formula is C29H27F2N5O3. The standard InChI is InChI=1S/C29H27F2N5O3/c1-19-12-23(31)3-2-21(19)13-20-14-27(36(15-20)28(37)16-35-18-32-17-33-35)29(38)34-24-6-10-26(11-7-24)39-25-8-4-22(30)5-9-25/h2-12,17-18,20,27H,13-16H2,1H3,(H,34,38)/t20-,27+/m1/s1. The third-order valence-corrected chi connectivity index (χ3v) is 6.76. The number of aromatic nitrogens is 3. The normalized spacial score (nSPS) is 16.7. The summed E-state index contributed by atoms with van der Waals surface area (Å²) in [7, 11) is 0. The SMILES string of the molecule is Cc1cc(F)ccc1C[C@@H]1C[C@@H](C(=O)Nc2ccc(Oc3ccc(F)cc3)cc2)N(C(=O)Cn2cncn2)C1. The molecule has 1 N–H and O–H groups in total. The van der Waals surface area contributed by atoms with Gasteiger partial charge in [0.15, 0.2) is 0 Å². The van der Waals surface area contributed by atoms with Gasteiger partial charge in [-0.15, -0.1) is 0 Å². The number of amides is 2. The summed E-state index contributed by atoms with van der Waals surface area (Å²) in [5.74, 6) is -0.136. The van der Waals surface area contributed by atoms with Gasteiger partial charge in [-0.05, 0) is 97.5 Å². The number of rotatable bonds is 8. The van der Waals surface area contributed by atoms with Gasteiger partial charge in [0.1, 0.15) is 48.4 Å². The van der Waals surface area contributed by atoms with Gasteiger partial charge in [0.05, 0.1) is 0 Å². The molecule has 0 spiro atoms. The van der Waals surface area contributed by atoms with Crippen molar-refractivity contribution in [2.24, 2.45) is 5.92 Å². The molecule has 0 radical (unpaired) electrons. The average Bonchev–Trinajstić information content (AvgIpc) is 3.58. The van der Waals surface area contributed by atoms with Crippen molar-refractivity contribution in [2.75, 3.05) is 11.9 Å². The van der Waals surface area contributed by atoms with E-state index in [4.69, 9.17) is 4.74 Å². The molecule has 3 aromatic carbocycles. The lowest BCUT2D eigenvalue weighted by Gasteiger charge is -2.24. The summed E-state index contributed by atoms with van der Waals surface area (Å²) in [6.45, 7) is 2.23. The number of nitrogens with zero attached hydrogens (tertiary/aromatic N) is 4. The fourth-order valence-electron chi connectivity index (χ4n) is 4.81. The van der Waals surface area contributed by atoms with Crippen LogP contribution in [-0.2, 0) is 22.6 Å². The number of hydrogen-bond donors (Lipinski definition) is 1. The van der Waals surface area contributed by atoms with Gasteiger partial charge in [-0.3, -0.25) is 9.59 Å². The number of nitrogens with one attached hydrogen (secondary N) is 1. The third kappa shape index (κ3) is 6.46. The highest BCUT2D eigenvalue weighted by atomic mass is 19.1. The second-order valence-electron chi connectivity index (χ2n) is 9.60. The molecule has 1 fully saturated rings. The van der Waals surface area contributed by atoms with Crippen LogP contribution in [0.2, 0.25) is 0 Å². The van der Waals surface area contributed by atoms with Crippen molar-refractivity contribution in [1.29, 1.82) is 0 Å². The maximum absolute atomic E-state index is 13.6. The number of benzene rings is 3. The number of carbonyl (C=O) groups excluding carboxylic acids is 2. The third-order valence-electron chi connectivity index (χ3n) is 6.76. The van der Waals surface area contributed by atoms with Crippen LogP contribution in [-0.4, -0.2) is 44.1 Å². The maximum Gasteiger partial charge on any atom is 0.247 e. The van der Waals surface area contributed by atoms with Gasteiger partial charge in [-0.1, -0.05) is 6.07 Å². The Hall–Kier alpha value is -4.60. The Labute approximate surface area is 224 Å². The largest absolute Gasteiger partial charge is 0.457 e. The predicted octanol–water partition coefficient (Wildman–Crippen LogP) is 4.76. The maximum atomic E-state index is 13.6. The second kappa shape index (κ2) is 11.4. The molecule has 5 rings (SSSR count). The van der Waals surface area contributed by atoms with Crippen LogP contribution in [0.5, 0.6) is 11.5 Å². The van der Waals surface area contributed by atoms with Gasteiger partial charge in [0, 0.05) is 12.2 Å². The fraction of sp³-hybridized carbons (Fsp3) is 0.241. The monoisotopic (exact) mass is 531 g/mol. The lowest BCUT2D eigenvalue weighted by molar-refractivity contribution is -0.137. The number of aryl methyl sites for hydroxylation is 1. The lowest BCUT2D eigenvalue weighted by atomic mass is 9.94. The summed E-state index contributed by atoms with van der Waals surface area (Å²) in [6, 6.07) is 16.5. The Balaban J connectivity index is 1.28. The van der Waals surface area contributed by atoms with Gasteiger partial charge >= 0.3 is 0 Å². The van der Waals surface area contributed by atoms with Crippen LogP contribution in [0.25, 0.3) is 0 Å². The van der Waals surface area contributed by atoms with Crippen LogP contribution < -0.4 is 10.1 Å². The van der Waals surface area contributed by atoms with E-state index in [1.807, 2.05) is 6.92 Å². The first kappa shape index (κ1) is 26.0. The van der Waals surface area contributed by atoms with Gasteiger partial charge in [0.25, 0.3) is 0 Å². The second-order valence-corrected chi connectivity index (χ2v) is 9.60. The van der Waals surface area contributed by atoms with Gasteiger partial charge in [-0.25, -0.2) is 18.4 Å². The summed E-state index contributed by atoms with van der Waals surface area (Å²) in [6.07, 6.45) is 3.90. The molecule has 1 aliphatic rings. The molecule has 1 aliphatic heterocycles. The van der Waals surface area contributed by atoms with E-state index in [9.17, 15) is 18.4 Å². The van der Waals surface area contributed by atoms with Crippen LogP contribution in [0.3, 0.4) is 0 Å². The van der Waals surface area contributed by atoms with Gasteiger partial charge in [-0.2, -0.15) is 5.10 Å². The number of ether oxygens (including phenoxy) is 1. The molecule has 200 valence electrons. The summed E-state index contributed by atoms with van der Waals surface area (Å²) >= 11 is 0. The average molecular weight is 532 g/mol. The minimum atomic E-state index is -0.679. The molecule has 8 nitrogen and oxygen atoms in total. The molecule has 0 unspecified atom stereocenters. The Morgan fingerprint density at radius 1 is 1.00 bits per heavy atom. The van der Waals surface area contributed by atoms with Crippen molar-refractivity contribution in [3.63, 3.8) is 0 Å². The van der Waals surface area contributed by atoms with Crippen molar-refractivity contribution < 1.29 is 23.1 Å². The predicted molar refractivity (Wildman–Crippen MR) is 140 cm³/mol. The summed E-state index contributed by atoms with van der Waals surface area (Å²) in [4.78, 5) is 32.1. The molecule has 2 atom stereocenters. The first-order valence-corrected chi connectivity index (χ1v) is 12.6. The smallest absolute Gasteiger partial charge is 0.247 e. The minimum Gasteiger partial charge on any atom is -0.457 e. The van der Waals surface area contributed by atoms with Crippen molar-refractivity contribution in [3.05, 3.63) is 102 Å². The first-order valence-electron chi connectivity index (χ1n) is 12.6. The number of anilines is 1. The number of halogens is 2. The quantitative estimate of drug-likeness (QED) is 0.354. The molecule has 1 aromatic heterocycles. The molecule has 0 bridgehead atoms. The Morgan fingerprint density at radius 3 is 2.36 bits per heavy atom. The van der Waals surface area contributed by atoms with Crippen molar-refractivity contribution in [1.82, 2.24) is 19.7 Å². The van der Waals surface area contributed by atoms with Crippen LogP contribution >= 0.6 is 0 Å². The molecule has 2 heterocycles.